The first kappa shape index (κ1) is 28.2. The van der Waals surface area contributed by atoms with Crippen molar-refractivity contribution < 1.29 is 19.4 Å². The molecule has 1 aromatic carbocycles. The van der Waals surface area contributed by atoms with Crippen LogP contribution in [-0.2, 0) is 5.75 Å². The molecule has 0 aliphatic heterocycles. The average molecular weight is 531 g/mol. The van der Waals surface area contributed by atoms with Crippen molar-refractivity contribution in [3.63, 3.8) is 0 Å². The van der Waals surface area contributed by atoms with E-state index < -0.39 is 21.7 Å². The molecule has 3 aromatic rings. The molecule has 0 bridgehead atoms. The summed E-state index contributed by atoms with van der Waals surface area (Å²) in [6.07, 6.45) is 4.35. The van der Waals surface area contributed by atoms with E-state index in [1.807, 2.05) is 30.3 Å². The fraction of sp³-hybridized carbons (Fsp3) is 0.182. The number of carbonyl (C=O) groups is 2. The smallest absolute Gasteiger partial charge is 0.302 e. The van der Waals surface area contributed by atoms with E-state index in [1.54, 1.807) is 6.26 Å². The Kier molecular flexibility index (Phi) is 10.8. The third-order valence-corrected chi connectivity index (χ3v) is 6.21. The second-order valence-corrected chi connectivity index (χ2v) is 8.51. The van der Waals surface area contributed by atoms with E-state index in [9.17, 15) is 29.8 Å². The van der Waals surface area contributed by atoms with Gasteiger partial charge in [0.15, 0.2) is 10.1 Å². The Hall–Kier alpha value is -4.04. The lowest BCUT2D eigenvalue weighted by Crippen LogP contribution is -2.18. The Morgan fingerprint density at radius 1 is 0.861 bits per heavy atom. The topological polar surface area (TPSA) is 170 Å². The molecule has 0 saturated carbocycles. The summed E-state index contributed by atoms with van der Waals surface area (Å²) in [5, 5.41) is 27.2. The summed E-state index contributed by atoms with van der Waals surface area (Å²) < 4.78 is 0. The van der Waals surface area contributed by atoms with Crippen LogP contribution >= 0.6 is 23.5 Å². The molecule has 2 amide bonds. The van der Waals surface area contributed by atoms with Gasteiger partial charge in [-0.2, -0.15) is 0 Å². The fourth-order valence-electron chi connectivity index (χ4n) is 2.67. The lowest BCUT2D eigenvalue weighted by molar-refractivity contribution is -0.388. The average Bonchev–Trinajstić information content (AvgIpc) is 2.91. The molecule has 36 heavy (non-hydrogen) atoms. The van der Waals surface area contributed by atoms with Gasteiger partial charge in [-0.1, -0.05) is 42.1 Å². The van der Waals surface area contributed by atoms with E-state index in [-0.39, 0.29) is 22.5 Å². The third kappa shape index (κ3) is 7.74. The highest BCUT2D eigenvalue weighted by atomic mass is 32.2. The minimum absolute atomic E-state index is 0.149. The molecule has 3 rings (SSSR count). The molecule has 188 valence electrons. The van der Waals surface area contributed by atoms with Crippen LogP contribution in [0, 0.1) is 20.2 Å². The molecule has 0 atom stereocenters. The van der Waals surface area contributed by atoms with Crippen LogP contribution in [0.2, 0.25) is 0 Å². The number of aromatic nitrogens is 2. The molecule has 2 N–H and O–H groups in total. The van der Waals surface area contributed by atoms with Gasteiger partial charge < -0.3 is 10.6 Å². The zero-order valence-electron chi connectivity index (χ0n) is 19.5. The first-order valence-electron chi connectivity index (χ1n) is 10.2. The van der Waals surface area contributed by atoms with Gasteiger partial charge in [-0.25, -0.2) is 9.97 Å². The van der Waals surface area contributed by atoms with Crippen molar-refractivity contribution >= 4 is 46.7 Å². The zero-order valence-corrected chi connectivity index (χ0v) is 21.1. The molecule has 0 unspecified atom stereocenters. The van der Waals surface area contributed by atoms with Gasteiger partial charge in [0.1, 0.15) is 0 Å². The largest absolute Gasteiger partial charge is 0.355 e. The van der Waals surface area contributed by atoms with Gasteiger partial charge in [0, 0.05) is 44.4 Å². The van der Waals surface area contributed by atoms with Gasteiger partial charge in [-0.3, -0.25) is 29.8 Å². The molecule has 0 aliphatic rings. The molecular weight excluding hydrogens is 508 g/mol. The quantitative estimate of drug-likeness (QED) is 0.248. The summed E-state index contributed by atoms with van der Waals surface area (Å²) in [5.74, 6) is -0.211. The maximum Gasteiger partial charge on any atom is 0.302 e. The fourth-order valence-corrected chi connectivity index (χ4v) is 4.08. The number of rotatable bonds is 8. The van der Waals surface area contributed by atoms with Crippen LogP contribution in [0.3, 0.4) is 0 Å². The number of amides is 2. The van der Waals surface area contributed by atoms with Gasteiger partial charge in [0.05, 0.1) is 21.0 Å². The van der Waals surface area contributed by atoms with Gasteiger partial charge in [0.2, 0.25) is 0 Å². The maximum atomic E-state index is 11.5. The molecule has 2 heterocycles. The molecule has 0 radical (unpaired) electrons. The highest BCUT2D eigenvalue weighted by Gasteiger charge is 2.19. The summed E-state index contributed by atoms with van der Waals surface area (Å²) in [4.78, 5) is 51.3. The number of nitrogens with zero attached hydrogens (tertiary/aromatic N) is 4. The summed E-state index contributed by atoms with van der Waals surface area (Å²) in [5.41, 5.74) is 1.10. The number of nitrogens with one attached hydrogen (secondary N) is 2. The van der Waals surface area contributed by atoms with Crippen molar-refractivity contribution in [3.8, 4) is 0 Å². The number of benzene rings is 1. The zero-order chi connectivity index (χ0) is 26.7. The van der Waals surface area contributed by atoms with Crippen LogP contribution in [0.5, 0.6) is 0 Å². The van der Waals surface area contributed by atoms with Gasteiger partial charge >= 0.3 is 11.4 Å². The van der Waals surface area contributed by atoms with Crippen LogP contribution in [-0.4, -0.2) is 52.0 Å². The second kappa shape index (κ2) is 13.7. The molecule has 12 nitrogen and oxygen atoms in total. The molecular formula is C22H22N6O6S2. The van der Waals surface area contributed by atoms with Crippen LogP contribution in [0.15, 0.2) is 64.9 Å². The first-order valence-corrected chi connectivity index (χ1v) is 12.4. The highest BCUT2D eigenvalue weighted by Crippen LogP contribution is 2.30. The number of carbonyl (C=O) groups excluding carboxylic acids is 2. The number of hydrogen-bond donors (Lipinski definition) is 2. The van der Waals surface area contributed by atoms with Gasteiger partial charge in [0.25, 0.3) is 11.8 Å². The van der Waals surface area contributed by atoms with E-state index in [1.165, 1.54) is 62.1 Å². The van der Waals surface area contributed by atoms with E-state index in [0.29, 0.717) is 15.8 Å². The molecule has 0 saturated heterocycles. The summed E-state index contributed by atoms with van der Waals surface area (Å²) >= 11 is 2.44. The lowest BCUT2D eigenvalue weighted by atomic mass is 10.2. The normalized spacial score (nSPS) is 9.97. The van der Waals surface area contributed by atoms with E-state index in [2.05, 4.69) is 20.6 Å². The maximum absolute atomic E-state index is 11.5. The highest BCUT2D eigenvalue weighted by molar-refractivity contribution is 7.98. The Balaban J connectivity index is 0.000000269. The van der Waals surface area contributed by atoms with Crippen molar-refractivity contribution in [2.45, 2.75) is 15.8 Å². The molecule has 0 spiro atoms. The van der Waals surface area contributed by atoms with Crippen LogP contribution in [0.25, 0.3) is 0 Å². The minimum Gasteiger partial charge on any atom is -0.355 e. The number of nitro groups is 2. The van der Waals surface area contributed by atoms with Crippen LogP contribution in [0.1, 0.15) is 26.3 Å². The van der Waals surface area contributed by atoms with Crippen LogP contribution < -0.4 is 10.6 Å². The summed E-state index contributed by atoms with van der Waals surface area (Å²) in [7, 11) is 2.92. The minimum atomic E-state index is -0.550. The van der Waals surface area contributed by atoms with E-state index >= 15 is 0 Å². The lowest BCUT2D eigenvalue weighted by Gasteiger charge is -2.04. The van der Waals surface area contributed by atoms with Crippen molar-refractivity contribution in [1.82, 2.24) is 20.6 Å². The van der Waals surface area contributed by atoms with Crippen molar-refractivity contribution in [3.05, 3.63) is 91.8 Å². The van der Waals surface area contributed by atoms with Gasteiger partial charge in [-0.05, 0) is 11.8 Å². The predicted octanol–water partition coefficient (Wildman–Crippen LogP) is 3.71. The standard InChI is InChI=1S/C14H13N3O3S.C8H9N3O3S/c1-15-13(18)11-7-12(17(19)20)14(16-8-11)21-9-10-5-3-2-4-6-10;1-9-7(12)5-3-6(11(13)14)8(15-2)10-4-5/h2-8H,9H2,1H3,(H,15,18);3-4H,1-2H3,(H,9,12). The van der Waals surface area contributed by atoms with Crippen molar-refractivity contribution in [1.29, 1.82) is 0 Å². The number of thioether (sulfide) groups is 2. The molecule has 0 fully saturated rings. The monoisotopic (exact) mass is 530 g/mol. The third-order valence-electron chi connectivity index (χ3n) is 4.45. The molecule has 14 heteroatoms. The number of pyridine rings is 2. The van der Waals surface area contributed by atoms with Crippen molar-refractivity contribution in [2.75, 3.05) is 20.4 Å². The summed E-state index contributed by atoms with van der Waals surface area (Å²) in [6, 6.07) is 12.1. The first-order chi connectivity index (χ1) is 17.2. The second-order valence-electron chi connectivity index (χ2n) is 6.75. The van der Waals surface area contributed by atoms with Crippen LogP contribution in [0.4, 0.5) is 11.4 Å². The molecule has 2 aromatic heterocycles. The predicted molar refractivity (Wildman–Crippen MR) is 136 cm³/mol. The van der Waals surface area contributed by atoms with E-state index in [0.717, 1.165) is 5.56 Å². The Bertz CT molecular complexity index is 1260. The Labute approximate surface area is 214 Å². The Morgan fingerprint density at radius 3 is 1.78 bits per heavy atom. The number of hydrogen-bond acceptors (Lipinski definition) is 10. The van der Waals surface area contributed by atoms with Gasteiger partial charge in [-0.15, -0.1) is 11.8 Å². The Morgan fingerprint density at radius 2 is 1.33 bits per heavy atom. The summed E-state index contributed by atoms with van der Waals surface area (Å²) in [6.45, 7) is 0. The van der Waals surface area contributed by atoms with Crippen molar-refractivity contribution in [2.24, 2.45) is 0 Å². The molecule has 0 aliphatic carbocycles. The SMILES string of the molecule is CNC(=O)c1cnc(SC)c([N+](=O)[O-])c1.CNC(=O)c1cnc(SCc2ccccc2)c([N+](=O)[O-])c1. The van der Waals surface area contributed by atoms with E-state index in [4.69, 9.17) is 0 Å².